The molecule has 0 aliphatic heterocycles. The van der Waals surface area contributed by atoms with Gasteiger partial charge in [-0.05, 0) is 49.1 Å². The fraction of sp³-hybridized carbons (Fsp3) is 0.267. The molecule has 0 aliphatic rings. The summed E-state index contributed by atoms with van der Waals surface area (Å²) in [6.07, 6.45) is 0. The predicted octanol–water partition coefficient (Wildman–Crippen LogP) is 3.18. The average Bonchev–Trinajstić information content (AvgIpc) is 2.99. The second-order valence-electron chi connectivity index (χ2n) is 4.78. The van der Waals surface area contributed by atoms with Crippen LogP contribution in [0, 0.1) is 6.92 Å². The summed E-state index contributed by atoms with van der Waals surface area (Å²) in [5.41, 5.74) is 5.00. The van der Waals surface area contributed by atoms with E-state index in [0.717, 1.165) is 11.3 Å². The second kappa shape index (κ2) is 6.07. The number of amides is 1. The van der Waals surface area contributed by atoms with Crippen LogP contribution in [-0.4, -0.2) is 17.9 Å². The lowest BCUT2D eigenvalue weighted by molar-refractivity contribution is 0.0744. The van der Waals surface area contributed by atoms with Crippen LogP contribution in [0.25, 0.3) is 0 Å². The molecule has 0 radical (unpaired) electrons. The van der Waals surface area contributed by atoms with Crippen molar-refractivity contribution < 1.29 is 4.79 Å². The third kappa shape index (κ3) is 2.84. The Hall–Kier alpha value is -1.85. The summed E-state index contributed by atoms with van der Waals surface area (Å²) >= 11 is 1.66. The highest BCUT2D eigenvalue weighted by molar-refractivity contribution is 7.10. The van der Waals surface area contributed by atoms with Crippen LogP contribution in [0.3, 0.4) is 0 Å². The number of hydrogen-bond donors (Lipinski definition) is 2. The second-order valence-corrected chi connectivity index (χ2v) is 5.76. The quantitative estimate of drug-likeness (QED) is 0.671. The van der Waals surface area contributed by atoms with Crippen molar-refractivity contribution >= 4 is 22.9 Å². The molecule has 1 aromatic heterocycles. The zero-order chi connectivity index (χ0) is 14.7. The van der Waals surface area contributed by atoms with Crippen molar-refractivity contribution in [1.29, 1.82) is 0 Å². The molecule has 4 nitrogen and oxygen atoms in total. The van der Waals surface area contributed by atoms with Gasteiger partial charge in [0, 0.05) is 23.2 Å². The average molecular weight is 289 g/mol. The normalized spacial score (nSPS) is 12.0. The number of nitrogen functional groups attached to an aromatic ring is 1. The zero-order valence-electron chi connectivity index (χ0n) is 11.9. The third-order valence-electron chi connectivity index (χ3n) is 3.48. The van der Waals surface area contributed by atoms with Crippen LogP contribution in [0.1, 0.15) is 33.8 Å². The molecule has 1 amide bonds. The van der Waals surface area contributed by atoms with Crippen LogP contribution in [0.15, 0.2) is 35.7 Å². The topological polar surface area (TPSA) is 58.4 Å². The lowest BCUT2D eigenvalue weighted by Crippen LogP contribution is -2.29. The van der Waals surface area contributed by atoms with E-state index >= 15 is 0 Å². The predicted molar refractivity (Wildman–Crippen MR) is 83.8 cm³/mol. The highest BCUT2D eigenvalue weighted by Gasteiger charge is 2.20. The molecule has 2 aromatic rings. The van der Waals surface area contributed by atoms with Gasteiger partial charge < -0.3 is 10.3 Å². The van der Waals surface area contributed by atoms with Crippen molar-refractivity contribution in [2.24, 2.45) is 5.84 Å². The molecule has 106 valence electrons. The number of carbonyl (C=O) groups is 1. The number of rotatable bonds is 4. The van der Waals surface area contributed by atoms with Gasteiger partial charge in [0.15, 0.2) is 0 Å². The monoisotopic (exact) mass is 289 g/mol. The molecule has 0 saturated heterocycles. The first-order valence-corrected chi connectivity index (χ1v) is 7.30. The Kier molecular flexibility index (Phi) is 4.42. The SMILES string of the molecule is Cc1cc(NN)ccc1C(=O)N(C)C(C)c1cccs1. The van der Waals surface area contributed by atoms with E-state index in [2.05, 4.69) is 5.43 Å². The van der Waals surface area contributed by atoms with E-state index in [0.29, 0.717) is 5.56 Å². The van der Waals surface area contributed by atoms with Crippen LogP contribution in [-0.2, 0) is 0 Å². The number of nitrogens with one attached hydrogen (secondary N) is 1. The molecule has 2 rings (SSSR count). The van der Waals surface area contributed by atoms with E-state index < -0.39 is 0 Å². The van der Waals surface area contributed by atoms with Crippen molar-refractivity contribution in [3.8, 4) is 0 Å². The number of nitrogens with two attached hydrogens (primary N) is 1. The molecular formula is C15H19N3OS. The minimum Gasteiger partial charge on any atom is -0.334 e. The molecule has 0 fully saturated rings. The Bertz CT molecular complexity index is 595. The van der Waals surface area contributed by atoms with E-state index in [-0.39, 0.29) is 11.9 Å². The van der Waals surface area contributed by atoms with Crippen LogP contribution in [0.2, 0.25) is 0 Å². The minimum atomic E-state index is 0.0203. The summed E-state index contributed by atoms with van der Waals surface area (Å²) in [7, 11) is 1.83. The number of hydrazine groups is 1. The summed E-state index contributed by atoms with van der Waals surface area (Å²) in [6.45, 7) is 3.95. The molecule has 20 heavy (non-hydrogen) atoms. The first kappa shape index (κ1) is 14.6. The fourth-order valence-corrected chi connectivity index (χ4v) is 2.91. The van der Waals surface area contributed by atoms with Gasteiger partial charge in [-0.3, -0.25) is 10.6 Å². The van der Waals surface area contributed by atoms with E-state index in [1.807, 2.05) is 56.6 Å². The number of carbonyl (C=O) groups excluding carboxylic acids is 1. The zero-order valence-corrected chi connectivity index (χ0v) is 12.7. The van der Waals surface area contributed by atoms with Crippen molar-refractivity contribution in [2.75, 3.05) is 12.5 Å². The van der Waals surface area contributed by atoms with Crippen molar-refractivity contribution in [1.82, 2.24) is 4.90 Å². The maximum absolute atomic E-state index is 12.6. The van der Waals surface area contributed by atoms with Gasteiger partial charge in [0.1, 0.15) is 0 Å². The summed E-state index contributed by atoms with van der Waals surface area (Å²) in [4.78, 5) is 15.5. The van der Waals surface area contributed by atoms with E-state index in [1.165, 1.54) is 4.88 Å². The Morgan fingerprint density at radius 3 is 2.70 bits per heavy atom. The molecule has 5 heteroatoms. The Labute approximate surface area is 123 Å². The Morgan fingerprint density at radius 1 is 1.40 bits per heavy atom. The number of thiophene rings is 1. The van der Waals surface area contributed by atoms with E-state index in [4.69, 9.17) is 5.84 Å². The van der Waals surface area contributed by atoms with Crippen molar-refractivity contribution in [3.63, 3.8) is 0 Å². The molecule has 3 N–H and O–H groups in total. The molecule has 0 bridgehead atoms. The highest BCUT2D eigenvalue weighted by Crippen LogP contribution is 2.25. The number of aryl methyl sites for hydroxylation is 1. The molecule has 1 aromatic carbocycles. The summed E-state index contributed by atoms with van der Waals surface area (Å²) in [5, 5.41) is 2.02. The first-order chi connectivity index (χ1) is 9.54. The maximum atomic E-state index is 12.6. The standard InChI is InChI=1S/C15H19N3OS/c1-10-9-12(17-16)6-7-13(10)15(19)18(3)11(2)14-5-4-8-20-14/h4-9,11,17H,16H2,1-3H3. The lowest BCUT2D eigenvalue weighted by Gasteiger charge is -2.25. The summed E-state index contributed by atoms with van der Waals surface area (Å²) in [6, 6.07) is 9.61. The smallest absolute Gasteiger partial charge is 0.254 e. The van der Waals surface area contributed by atoms with Gasteiger partial charge in [0.05, 0.1) is 6.04 Å². The molecule has 0 saturated carbocycles. The highest BCUT2D eigenvalue weighted by atomic mass is 32.1. The Balaban J connectivity index is 2.22. The van der Waals surface area contributed by atoms with Gasteiger partial charge in [-0.2, -0.15) is 0 Å². The van der Waals surface area contributed by atoms with E-state index in [1.54, 1.807) is 16.2 Å². The van der Waals surface area contributed by atoms with Crippen LogP contribution in [0.5, 0.6) is 0 Å². The molecule has 0 spiro atoms. The van der Waals surface area contributed by atoms with Crippen LogP contribution in [0.4, 0.5) is 5.69 Å². The molecule has 1 atom stereocenters. The molecular weight excluding hydrogens is 270 g/mol. The minimum absolute atomic E-state index is 0.0203. The number of hydrogen-bond acceptors (Lipinski definition) is 4. The maximum Gasteiger partial charge on any atom is 0.254 e. The molecule has 1 unspecified atom stereocenters. The summed E-state index contributed by atoms with van der Waals surface area (Å²) in [5.74, 6) is 5.39. The van der Waals surface area contributed by atoms with Crippen molar-refractivity contribution in [2.45, 2.75) is 19.9 Å². The van der Waals surface area contributed by atoms with Crippen LogP contribution < -0.4 is 11.3 Å². The van der Waals surface area contributed by atoms with Gasteiger partial charge in [-0.15, -0.1) is 11.3 Å². The number of benzene rings is 1. The third-order valence-corrected chi connectivity index (χ3v) is 4.52. The summed E-state index contributed by atoms with van der Waals surface area (Å²) < 4.78 is 0. The lowest BCUT2D eigenvalue weighted by atomic mass is 10.1. The largest absolute Gasteiger partial charge is 0.334 e. The van der Waals surface area contributed by atoms with Gasteiger partial charge in [0.25, 0.3) is 5.91 Å². The molecule has 0 aliphatic carbocycles. The number of anilines is 1. The van der Waals surface area contributed by atoms with Gasteiger partial charge >= 0.3 is 0 Å². The van der Waals surface area contributed by atoms with Crippen LogP contribution >= 0.6 is 11.3 Å². The fourth-order valence-electron chi connectivity index (χ4n) is 2.08. The van der Waals surface area contributed by atoms with Gasteiger partial charge in [0.2, 0.25) is 0 Å². The van der Waals surface area contributed by atoms with E-state index in [9.17, 15) is 4.79 Å². The van der Waals surface area contributed by atoms with Gasteiger partial charge in [-0.25, -0.2) is 0 Å². The van der Waals surface area contributed by atoms with Gasteiger partial charge in [-0.1, -0.05) is 6.07 Å². The van der Waals surface area contributed by atoms with Crippen molar-refractivity contribution in [3.05, 3.63) is 51.7 Å². The first-order valence-electron chi connectivity index (χ1n) is 6.42. The Morgan fingerprint density at radius 2 is 2.15 bits per heavy atom. The molecule has 1 heterocycles. The number of nitrogens with zero attached hydrogens (tertiary/aromatic N) is 1.